The van der Waals surface area contributed by atoms with E-state index in [2.05, 4.69) is 24.7 Å². The molecule has 0 N–H and O–H groups in total. The summed E-state index contributed by atoms with van der Waals surface area (Å²) in [5, 5.41) is 0. The van der Waals surface area contributed by atoms with Gasteiger partial charge in [0.25, 0.3) is 0 Å². The number of fused-ring (bicyclic) bond motifs is 5. The Hall–Kier alpha value is -1.47. The van der Waals surface area contributed by atoms with Gasteiger partial charge < -0.3 is 4.74 Å². The Morgan fingerprint density at radius 1 is 1.03 bits per heavy atom. The van der Waals surface area contributed by atoms with Crippen molar-refractivity contribution in [2.45, 2.75) is 83.4 Å². The van der Waals surface area contributed by atoms with Crippen LogP contribution in [0, 0.1) is 28.6 Å². The Morgan fingerprint density at radius 2 is 1.67 bits per heavy atom. The van der Waals surface area contributed by atoms with Gasteiger partial charge in [-0.25, -0.2) is 4.79 Å². The van der Waals surface area contributed by atoms with E-state index >= 15 is 0 Å². The molecule has 6 atom stereocenters. The number of hydrogen-bond acceptors (Lipinski definition) is 3. The Morgan fingerprint density at radius 3 is 2.33 bits per heavy atom. The second kappa shape index (κ2) is 6.76. The third kappa shape index (κ3) is 3.03. The lowest BCUT2D eigenvalue weighted by Crippen LogP contribution is -2.51. The molecule has 0 aromatic heterocycles. The lowest BCUT2D eigenvalue weighted by atomic mass is 9.48. The normalized spacial score (nSPS) is 41.4. The standard InChI is InChI=1S/C22H27F5O3/c1-19-9-7-13(30-18(29)21(23,24)22(25,26)27)11-12(19)3-4-14-15-5-6-17(28)20(15,2)10-8-16(14)19/h3,13-16H,4-11H2,1-2H3. The average Bonchev–Trinajstić information content (AvgIpc) is 2.96. The number of alkyl halides is 5. The van der Waals surface area contributed by atoms with Crippen molar-refractivity contribution in [2.24, 2.45) is 28.6 Å². The van der Waals surface area contributed by atoms with Crippen molar-refractivity contribution < 1.29 is 36.3 Å². The molecule has 0 bridgehead atoms. The molecule has 0 aromatic rings. The number of hydrogen-bond donors (Lipinski definition) is 0. The van der Waals surface area contributed by atoms with Crippen LogP contribution in [0.25, 0.3) is 0 Å². The smallest absolute Gasteiger partial charge is 0.457 e. The maximum atomic E-state index is 13.3. The second-order valence-corrected chi connectivity index (χ2v) is 10.0. The molecular weight excluding hydrogens is 407 g/mol. The number of carbonyl (C=O) groups is 2. The molecule has 168 valence electrons. The van der Waals surface area contributed by atoms with Crippen LogP contribution < -0.4 is 0 Å². The van der Waals surface area contributed by atoms with Crippen molar-refractivity contribution in [1.82, 2.24) is 0 Å². The molecule has 0 spiro atoms. The van der Waals surface area contributed by atoms with Crippen molar-refractivity contribution in [3.63, 3.8) is 0 Å². The van der Waals surface area contributed by atoms with E-state index in [-0.39, 0.29) is 23.7 Å². The fourth-order valence-electron chi connectivity index (χ4n) is 6.84. The SMILES string of the molecule is CC12CCC3C(CC=C4CC(OC(=O)C(F)(F)C(F)(F)F)CCC43C)C1CCC2=O. The summed E-state index contributed by atoms with van der Waals surface area (Å²) in [5.41, 5.74) is 0.556. The molecule has 0 aliphatic heterocycles. The fourth-order valence-corrected chi connectivity index (χ4v) is 6.84. The van der Waals surface area contributed by atoms with E-state index < -0.39 is 24.2 Å². The lowest BCUT2D eigenvalue weighted by Gasteiger charge is -2.56. The highest BCUT2D eigenvalue weighted by Crippen LogP contribution is 2.64. The molecule has 0 heterocycles. The van der Waals surface area contributed by atoms with Gasteiger partial charge >= 0.3 is 18.1 Å². The number of halogens is 5. The van der Waals surface area contributed by atoms with Crippen molar-refractivity contribution in [2.75, 3.05) is 0 Å². The Bertz CT molecular complexity index is 788. The Labute approximate surface area is 172 Å². The van der Waals surface area contributed by atoms with Crippen LogP contribution in [0.15, 0.2) is 11.6 Å². The van der Waals surface area contributed by atoms with Crippen LogP contribution in [0.1, 0.15) is 65.2 Å². The number of allylic oxidation sites excluding steroid dienone is 1. The molecule has 8 heteroatoms. The highest BCUT2D eigenvalue weighted by molar-refractivity contribution is 5.87. The number of ketones is 1. The van der Waals surface area contributed by atoms with Crippen molar-refractivity contribution in [3.05, 3.63) is 11.6 Å². The molecule has 30 heavy (non-hydrogen) atoms. The zero-order chi connectivity index (χ0) is 22.1. The van der Waals surface area contributed by atoms with Gasteiger partial charge in [0.2, 0.25) is 0 Å². The lowest BCUT2D eigenvalue weighted by molar-refractivity contribution is -0.282. The molecule has 3 fully saturated rings. The molecule has 0 amide bonds. The summed E-state index contributed by atoms with van der Waals surface area (Å²) < 4.78 is 68.4. The van der Waals surface area contributed by atoms with E-state index in [0.29, 0.717) is 36.4 Å². The highest BCUT2D eigenvalue weighted by atomic mass is 19.4. The van der Waals surface area contributed by atoms with Crippen molar-refractivity contribution in [3.8, 4) is 0 Å². The van der Waals surface area contributed by atoms with Crippen LogP contribution in [0.2, 0.25) is 0 Å². The number of Topliss-reactive ketones (excluding diaryl/α,β-unsaturated/α-hetero) is 1. The van der Waals surface area contributed by atoms with Crippen LogP contribution >= 0.6 is 0 Å². The molecule has 6 unspecified atom stereocenters. The fraction of sp³-hybridized carbons (Fsp3) is 0.818. The summed E-state index contributed by atoms with van der Waals surface area (Å²) in [6.07, 6.45) is 0.239. The topological polar surface area (TPSA) is 43.4 Å². The molecule has 0 saturated heterocycles. The first-order chi connectivity index (χ1) is 13.8. The van der Waals surface area contributed by atoms with Crippen molar-refractivity contribution in [1.29, 1.82) is 0 Å². The molecule has 3 nitrogen and oxygen atoms in total. The van der Waals surface area contributed by atoms with Crippen LogP contribution in [0.5, 0.6) is 0 Å². The van der Waals surface area contributed by atoms with E-state index in [9.17, 15) is 31.5 Å². The van der Waals surface area contributed by atoms with E-state index in [0.717, 1.165) is 31.3 Å². The van der Waals surface area contributed by atoms with Gasteiger partial charge in [0.05, 0.1) is 0 Å². The average molecular weight is 434 g/mol. The summed E-state index contributed by atoms with van der Waals surface area (Å²) >= 11 is 0. The zero-order valence-corrected chi connectivity index (χ0v) is 17.2. The summed E-state index contributed by atoms with van der Waals surface area (Å²) in [6, 6.07) is 0. The van der Waals surface area contributed by atoms with Gasteiger partial charge in [-0.1, -0.05) is 25.5 Å². The quantitative estimate of drug-likeness (QED) is 0.322. The third-order valence-corrected chi connectivity index (χ3v) is 8.65. The summed E-state index contributed by atoms with van der Waals surface area (Å²) in [7, 11) is 0. The molecule has 4 rings (SSSR count). The molecule has 0 radical (unpaired) electrons. The monoisotopic (exact) mass is 434 g/mol. The molecule has 0 aromatic carbocycles. The Balaban J connectivity index is 1.50. The van der Waals surface area contributed by atoms with Crippen LogP contribution in [0.4, 0.5) is 22.0 Å². The van der Waals surface area contributed by atoms with Gasteiger partial charge in [0.1, 0.15) is 11.9 Å². The molecular formula is C22H27F5O3. The van der Waals surface area contributed by atoms with Gasteiger partial charge in [0, 0.05) is 18.3 Å². The maximum absolute atomic E-state index is 13.3. The van der Waals surface area contributed by atoms with Crippen molar-refractivity contribution >= 4 is 11.8 Å². The third-order valence-electron chi connectivity index (χ3n) is 8.65. The first-order valence-electron chi connectivity index (χ1n) is 10.7. The molecule has 4 aliphatic rings. The van der Waals surface area contributed by atoms with E-state index in [4.69, 9.17) is 0 Å². The van der Waals surface area contributed by atoms with E-state index in [1.54, 1.807) is 0 Å². The van der Waals surface area contributed by atoms with Crippen LogP contribution in [0.3, 0.4) is 0 Å². The summed E-state index contributed by atoms with van der Waals surface area (Å²) in [6.45, 7) is 4.22. The number of esters is 1. The van der Waals surface area contributed by atoms with Gasteiger partial charge in [-0.05, 0) is 61.7 Å². The molecule has 3 saturated carbocycles. The predicted molar refractivity (Wildman–Crippen MR) is 97.6 cm³/mol. The largest absolute Gasteiger partial charge is 0.465 e. The zero-order valence-electron chi connectivity index (χ0n) is 17.2. The minimum absolute atomic E-state index is 0.189. The highest BCUT2D eigenvalue weighted by Gasteiger charge is 2.65. The first-order valence-corrected chi connectivity index (χ1v) is 10.7. The van der Waals surface area contributed by atoms with Crippen LogP contribution in [-0.2, 0) is 14.3 Å². The number of carbonyl (C=O) groups excluding carboxylic acids is 2. The second-order valence-electron chi connectivity index (χ2n) is 10.0. The first kappa shape index (κ1) is 21.8. The number of rotatable bonds is 2. The minimum atomic E-state index is -5.96. The van der Waals surface area contributed by atoms with E-state index in [1.807, 2.05) is 0 Å². The van der Waals surface area contributed by atoms with Gasteiger partial charge in [-0.3, -0.25) is 4.79 Å². The summed E-state index contributed by atoms with van der Waals surface area (Å²) in [5.74, 6) is -6.57. The molecule has 4 aliphatic carbocycles. The number of ether oxygens (including phenoxy) is 1. The van der Waals surface area contributed by atoms with Gasteiger partial charge in [-0.2, -0.15) is 22.0 Å². The summed E-state index contributed by atoms with van der Waals surface area (Å²) in [4.78, 5) is 24.0. The minimum Gasteiger partial charge on any atom is -0.457 e. The van der Waals surface area contributed by atoms with Crippen LogP contribution in [-0.4, -0.2) is 30.0 Å². The van der Waals surface area contributed by atoms with E-state index in [1.165, 1.54) is 0 Å². The van der Waals surface area contributed by atoms with Gasteiger partial charge in [-0.15, -0.1) is 0 Å². The predicted octanol–water partition coefficient (Wildman–Crippen LogP) is 5.63. The Kier molecular flexibility index (Phi) is 4.90. The van der Waals surface area contributed by atoms with Gasteiger partial charge in [0.15, 0.2) is 0 Å². The maximum Gasteiger partial charge on any atom is 0.465 e.